The third-order valence-electron chi connectivity index (χ3n) is 3.12. The molecule has 0 radical (unpaired) electrons. The highest BCUT2D eigenvalue weighted by Crippen LogP contribution is 2.15. The van der Waals surface area contributed by atoms with Crippen molar-refractivity contribution in [3.05, 3.63) is 29.8 Å². The van der Waals surface area contributed by atoms with Crippen LogP contribution in [0.1, 0.15) is 16.8 Å². The molecule has 1 fully saturated rings. The van der Waals surface area contributed by atoms with Crippen LogP contribution < -0.4 is 5.32 Å². The molecular formula is C14H18N2O2S. The molecule has 19 heavy (non-hydrogen) atoms. The van der Waals surface area contributed by atoms with Crippen LogP contribution in [0.4, 0.5) is 0 Å². The van der Waals surface area contributed by atoms with E-state index in [4.69, 9.17) is 0 Å². The van der Waals surface area contributed by atoms with Crippen LogP contribution in [0.15, 0.2) is 29.2 Å². The maximum absolute atomic E-state index is 12.2. The van der Waals surface area contributed by atoms with Gasteiger partial charge in [0.2, 0.25) is 5.91 Å². The van der Waals surface area contributed by atoms with Crippen molar-refractivity contribution >= 4 is 23.5 Å². The maximum Gasteiger partial charge on any atom is 0.234 e. The summed E-state index contributed by atoms with van der Waals surface area (Å²) in [6, 6.07) is 7.61. The van der Waals surface area contributed by atoms with E-state index in [-0.39, 0.29) is 11.7 Å². The SMILES string of the molecule is CSc1ccc(C(=O)CN2CCCNC(=O)C2)cc1. The highest BCUT2D eigenvalue weighted by atomic mass is 32.2. The Morgan fingerprint density at radius 1 is 1.37 bits per heavy atom. The molecule has 0 atom stereocenters. The normalized spacial score (nSPS) is 16.8. The largest absolute Gasteiger partial charge is 0.355 e. The third-order valence-corrected chi connectivity index (χ3v) is 3.86. The van der Waals surface area contributed by atoms with Crippen LogP contribution in [0.5, 0.6) is 0 Å². The fourth-order valence-corrected chi connectivity index (χ4v) is 2.48. The van der Waals surface area contributed by atoms with E-state index in [1.807, 2.05) is 35.4 Å². The Labute approximate surface area is 117 Å². The average Bonchev–Trinajstić information content (AvgIpc) is 2.63. The van der Waals surface area contributed by atoms with Gasteiger partial charge in [-0.1, -0.05) is 12.1 Å². The van der Waals surface area contributed by atoms with Crippen molar-refractivity contribution in [2.24, 2.45) is 0 Å². The first-order valence-corrected chi connectivity index (χ1v) is 7.58. The first kappa shape index (κ1) is 14.1. The van der Waals surface area contributed by atoms with Gasteiger partial charge in [-0.2, -0.15) is 0 Å². The highest BCUT2D eigenvalue weighted by molar-refractivity contribution is 7.98. The van der Waals surface area contributed by atoms with Gasteiger partial charge in [-0.05, 0) is 24.8 Å². The van der Waals surface area contributed by atoms with Crippen LogP contribution >= 0.6 is 11.8 Å². The molecule has 1 aliphatic heterocycles. The summed E-state index contributed by atoms with van der Waals surface area (Å²) in [5.74, 6) is 0.0744. The molecular weight excluding hydrogens is 260 g/mol. The van der Waals surface area contributed by atoms with Crippen molar-refractivity contribution < 1.29 is 9.59 Å². The van der Waals surface area contributed by atoms with Crippen LogP contribution in [0.3, 0.4) is 0 Å². The van der Waals surface area contributed by atoms with Crippen molar-refractivity contribution in [1.82, 2.24) is 10.2 Å². The number of hydrogen-bond donors (Lipinski definition) is 1. The molecule has 0 saturated carbocycles. The van der Waals surface area contributed by atoms with E-state index in [1.54, 1.807) is 11.8 Å². The minimum atomic E-state index is 0.00281. The van der Waals surface area contributed by atoms with Gasteiger partial charge in [-0.3, -0.25) is 14.5 Å². The topological polar surface area (TPSA) is 49.4 Å². The second-order valence-corrected chi connectivity index (χ2v) is 5.45. The lowest BCUT2D eigenvalue weighted by molar-refractivity contribution is -0.121. The smallest absolute Gasteiger partial charge is 0.234 e. The second kappa shape index (κ2) is 6.73. The molecule has 1 heterocycles. The number of benzene rings is 1. The molecule has 5 heteroatoms. The number of rotatable bonds is 4. The van der Waals surface area contributed by atoms with Crippen LogP contribution in [0.25, 0.3) is 0 Å². The lowest BCUT2D eigenvalue weighted by Crippen LogP contribution is -2.36. The number of hydrogen-bond acceptors (Lipinski definition) is 4. The minimum absolute atomic E-state index is 0.00281. The van der Waals surface area contributed by atoms with Crippen molar-refractivity contribution in [2.75, 3.05) is 32.4 Å². The number of nitrogens with one attached hydrogen (secondary N) is 1. The van der Waals surface area contributed by atoms with E-state index in [0.29, 0.717) is 25.2 Å². The predicted octanol–water partition coefficient (Wildman–Crippen LogP) is 1.41. The van der Waals surface area contributed by atoms with Crippen molar-refractivity contribution in [3.8, 4) is 0 Å². The zero-order chi connectivity index (χ0) is 13.7. The monoisotopic (exact) mass is 278 g/mol. The third kappa shape index (κ3) is 4.08. The number of carbonyl (C=O) groups excluding carboxylic acids is 2. The number of amides is 1. The predicted molar refractivity (Wildman–Crippen MR) is 76.6 cm³/mol. The van der Waals surface area contributed by atoms with Crippen molar-refractivity contribution in [2.45, 2.75) is 11.3 Å². The van der Waals surface area contributed by atoms with E-state index < -0.39 is 0 Å². The van der Waals surface area contributed by atoms with Crippen LogP contribution in [-0.2, 0) is 4.79 Å². The van der Waals surface area contributed by atoms with E-state index in [9.17, 15) is 9.59 Å². The molecule has 4 nitrogen and oxygen atoms in total. The summed E-state index contributed by atoms with van der Waals surface area (Å²) in [6.07, 6.45) is 2.90. The molecule has 0 spiro atoms. The Hall–Kier alpha value is -1.33. The standard InChI is InChI=1S/C14H18N2O2S/c1-19-12-5-3-11(4-6-12)13(17)9-16-8-2-7-15-14(18)10-16/h3-6H,2,7-10H2,1H3,(H,15,18). The Morgan fingerprint density at radius 2 is 2.11 bits per heavy atom. The number of carbonyl (C=O) groups is 2. The molecule has 1 saturated heterocycles. The number of ketones is 1. The number of thioether (sulfide) groups is 1. The first-order chi connectivity index (χ1) is 9.19. The second-order valence-electron chi connectivity index (χ2n) is 4.57. The fourth-order valence-electron chi connectivity index (χ4n) is 2.07. The molecule has 0 unspecified atom stereocenters. The van der Waals surface area contributed by atoms with Crippen molar-refractivity contribution in [1.29, 1.82) is 0 Å². The van der Waals surface area contributed by atoms with Crippen LogP contribution in [-0.4, -0.2) is 49.0 Å². The number of Topliss-reactive ketones (excluding diaryl/α,β-unsaturated/α-hetero) is 1. The van der Waals surface area contributed by atoms with Gasteiger partial charge in [0.25, 0.3) is 0 Å². The lowest BCUT2D eigenvalue weighted by atomic mass is 10.1. The molecule has 1 N–H and O–H groups in total. The molecule has 0 aliphatic carbocycles. The molecule has 1 aromatic rings. The number of nitrogens with zero attached hydrogens (tertiary/aromatic N) is 1. The summed E-state index contributed by atoms with van der Waals surface area (Å²) in [4.78, 5) is 26.6. The van der Waals surface area contributed by atoms with Gasteiger partial charge in [0.1, 0.15) is 0 Å². The lowest BCUT2D eigenvalue weighted by Gasteiger charge is -2.17. The summed E-state index contributed by atoms with van der Waals surface area (Å²) < 4.78 is 0. The van der Waals surface area contributed by atoms with Gasteiger partial charge < -0.3 is 5.32 Å². The Morgan fingerprint density at radius 3 is 2.79 bits per heavy atom. The van der Waals surface area contributed by atoms with Crippen LogP contribution in [0, 0.1) is 0 Å². The molecule has 1 amide bonds. The molecule has 102 valence electrons. The minimum Gasteiger partial charge on any atom is -0.355 e. The molecule has 1 aliphatic rings. The zero-order valence-electron chi connectivity index (χ0n) is 11.0. The van der Waals surface area contributed by atoms with Gasteiger partial charge in [-0.25, -0.2) is 0 Å². The maximum atomic E-state index is 12.2. The van der Waals surface area contributed by atoms with Crippen LogP contribution in [0.2, 0.25) is 0 Å². The van der Waals surface area contributed by atoms with Gasteiger partial charge in [0, 0.05) is 23.5 Å². The quantitative estimate of drug-likeness (QED) is 0.668. The fraction of sp³-hybridized carbons (Fsp3) is 0.429. The van der Waals surface area contributed by atoms with E-state index in [0.717, 1.165) is 17.9 Å². The van der Waals surface area contributed by atoms with Gasteiger partial charge in [0.05, 0.1) is 13.1 Å². The average molecular weight is 278 g/mol. The Bertz CT molecular complexity index is 459. The zero-order valence-corrected chi connectivity index (χ0v) is 11.8. The summed E-state index contributed by atoms with van der Waals surface area (Å²) >= 11 is 1.65. The summed E-state index contributed by atoms with van der Waals surface area (Å²) in [6.45, 7) is 2.11. The van der Waals surface area contributed by atoms with E-state index in [1.165, 1.54) is 0 Å². The van der Waals surface area contributed by atoms with E-state index >= 15 is 0 Å². The first-order valence-electron chi connectivity index (χ1n) is 6.35. The Kier molecular flexibility index (Phi) is 4.99. The van der Waals surface area contributed by atoms with E-state index in [2.05, 4.69) is 5.32 Å². The molecule has 1 aromatic carbocycles. The Balaban J connectivity index is 1.97. The molecule has 0 bridgehead atoms. The molecule has 2 rings (SSSR count). The summed E-state index contributed by atoms with van der Waals surface area (Å²) in [5, 5.41) is 2.81. The molecule has 0 aromatic heterocycles. The van der Waals surface area contributed by atoms with Gasteiger partial charge in [-0.15, -0.1) is 11.8 Å². The van der Waals surface area contributed by atoms with Gasteiger partial charge in [0.15, 0.2) is 5.78 Å². The summed E-state index contributed by atoms with van der Waals surface area (Å²) in [7, 11) is 0. The highest BCUT2D eigenvalue weighted by Gasteiger charge is 2.17. The van der Waals surface area contributed by atoms with Crippen molar-refractivity contribution in [3.63, 3.8) is 0 Å². The summed E-state index contributed by atoms with van der Waals surface area (Å²) in [5.41, 5.74) is 0.711. The van der Waals surface area contributed by atoms with Gasteiger partial charge >= 0.3 is 0 Å².